The second kappa shape index (κ2) is 11.2. The van der Waals surface area contributed by atoms with E-state index < -0.39 is 21.9 Å². The molecule has 1 N–H and O–H groups in total. The minimum atomic E-state index is -3.63. The van der Waals surface area contributed by atoms with E-state index in [2.05, 4.69) is 5.32 Å². The zero-order valence-electron chi connectivity index (χ0n) is 19.0. The lowest BCUT2D eigenvalue weighted by Gasteiger charge is -2.26. The molecule has 1 amide bonds. The Balaban J connectivity index is 1.66. The second-order valence-corrected chi connectivity index (χ2v) is 9.01. The molecule has 0 aliphatic carbocycles. The maximum absolute atomic E-state index is 12.7. The molecule has 2 aromatic rings. The maximum Gasteiger partial charge on any atom is 0.340 e. The van der Waals surface area contributed by atoms with E-state index in [1.807, 2.05) is 0 Å². The summed E-state index contributed by atoms with van der Waals surface area (Å²) in [5.41, 5.74) is 0.233. The Bertz CT molecular complexity index is 1130. The van der Waals surface area contributed by atoms with Crippen LogP contribution in [0.2, 0.25) is 0 Å². The fraction of sp³-hybridized carbons (Fsp3) is 0.364. The lowest BCUT2D eigenvalue weighted by Crippen LogP contribution is -2.40. The van der Waals surface area contributed by atoms with Crippen molar-refractivity contribution < 1.29 is 41.7 Å². The molecule has 1 aliphatic heterocycles. The number of esters is 1. The lowest BCUT2D eigenvalue weighted by atomic mass is 10.1. The van der Waals surface area contributed by atoms with Gasteiger partial charge in [-0.05, 0) is 24.3 Å². The van der Waals surface area contributed by atoms with Gasteiger partial charge in [0, 0.05) is 25.2 Å². The highest BCUT2D eigenvalue weighted by molar-refractivity contribution is 7.89. The van der Waals surface area contributed by atoms with Gasteiger partial charge in [-0.25, -0.2) is 13.2 Å². The van der Waals surface area contributed by atoms with Gasteiger partial charge in [-0.15, -0.1) is 0 Å². The highest BCUT2D eigenvalue weighted by Gasteiger charge is 2.26. The number of anilines is 1. The van der Waals surface area contributed by atoms with Crippen molar-refractivity contribution in [2.45, 2.75) is 4.90 Å². The van der Waals surface area contributed by atoms with Gasteiger partial charge in [-0.2, -0.15) is 4.31 Å². The van der Waals surface area contributed by atoms with Crippen LogP contribution in [0.3, 0.4) is 0 Å². The molecule has 11 nitrogen and oxygen atoms in total. The molecular formula is C22H26N2O9S. The summed E-state index contributed by atoms with van der Waals surface area (Å²) in [5, 5.41) is 2.59. The van der Waals surface area contributed by atoms with Crippen LogP contribution in [0.25, 0.3) is 0 Å². The Morgan fingerprint density at radius 3 is 2.21 bits per heavy atom. The average Bonchev–Trinajstić information content (AvgIpc) is 2.87. The first-order valence-electron chi connectivity index (χ1n) is 10.2. The van der Waals surface area contributed by atoms with Crippen LogP contribution < -0.4 is 19.5 Å². The highest BCUT2D eigenvalue weighted by atomic mass is 32.2. The van der Waals surface area contributed by atoms with Crippen LogP contribution in [0, 0.1) is 0 Å². The number of hydrogen-bond acceptors (Lipinski definition) is 9. The topological polar surface area (TPSA) is 130 Å². The van der Waals surface area contributed by atoms with Crippen molar-refractivity contribution >= 4 is 27.6 Å². The molecule has 12 heteroatoms. The number of nitrogens with zero attached hydrogens (tertiary/aromatic N) is 1. The van der Waals surface area contributed by atoms with Crippen molar-refractivity contribution in [3.63, 3.8) is 0 Å². The number of benzene rings is 2. The number of carbonyl (C=O) groups excluding carboxylic acids is 2. The van der Waals surface area contributed by atoms with Gasteiger partial charge in [-0.3, -0.25) is 4.79 Å². The lowest BCUT2D eigenvalue weighted by molar-refractivity contribution is -0.118. The van der Waals surface area contributed by atoms with Crippen molar-refractivity contribution in [2.75, 3.05) is 59.6 Å². The summed E-state index contributed by atoms with van der Waals surface area (Å²) in [4.78, 5) is 24.7. The van der Waals surface area contributed by atoms with E-state index in [1.54, 1.807) is 0 Å². The molecule has 0 unspecified atom stereocenters. The number of amides is 1. The van der Waals surface area contributed by atoms with Gasteiger partial charge in [0.25, 0.3) is 5.91 Å². The van der Waals surface area contributed by atoms with Crippen molar-refractivity contribution in [1.29, 1.82) is 0 Å². The minimum absolute atomic E-state index is 0.0752. The molecule has 2 aromatic carbocycles. The van der Waals surface area contributed by atoms with E-state index in [0.717, 1.165) is 0 Å². The predicted molar refractivity (Wildman–Crippen MR) is 121 cm³/mol. The number of methoxy groups -OCH3 is 3. The van der Waals surface area contributed by atoms with E-state index >= 15 is 0 Å². The fourth-order valence-electron chi connectivity index (χ4n) is 3.24. The van der Waals surface area contributed by atoms with Gasteiger partial charge >= 0.3 is 5.97 Å². The summed E-state index contributed by atoms with van der Waals surface area (Å²) in [6, 6.07) is 8.61. The Morgan fingerprint density at radius 1 is 1.00 bits per heavy atom. The molecule has 0 atom stereocenters. The Morgan fingerprint density at radius 2 is 1.62 bits per heavy atom. The van der Waals surface area contributed by atoms with E-state index in [0.29, 0.717) is 43.6 Å². The number of carbonyl (C=O) groups is 2. The predicted octanol–water partition coefficient (Wildman–Crippen LogP) is 1.53. The van der Waals surface area contributed by atoms with Crippen molar-refractivity contribution in [3.8, 4) is 17.2 Å². The monoisotopic (exact) mass is 494 g/mol. The van der Waals surface area contributed by atoms with Gasteiger partial charge in [0.15, 0.2) is 18.1 Å². The van der Waals surface area contributed by atoms with Gasteiger partial charge < -0.3 is 29.0 Å². The molecule has 1 fully saturated rings. The molecule has 0 spiro atoms. The third-order valence-electron chi connectivity index (χ3n) is 5.00. The van der Waals surface area contributed by atoms with Crippen LogP contribution in [0.4, 0.5) is 5.69 Å². The van der Waals surface area contributed by atoms with Gasteiger partial charge in [0.05, 0.1) is 50.7 Å². The van der Waals surface area contributed by atoms with Crippen LogP contribution in [-0.2, 0) is 24.3 Å². The fourth-order valence-corrected chi connectivity index (χ4v) is 4.65. The average molecular weight is 495 g/mol. The quantitative estimate of drug-likeness (QED) is 0.516. The summed E-state index contributed by atoms with van der Waals surface area (Å²) in [6.07, 6.45) is 0. The molecule has 1 saturated heterocycles. The van der Waals surface area contributed by atoms with E-state index in [9.17, 15) is 18.0 Å². The van der Waals surface area contributed by atoms with E-state index in [-0.39, 0.29) is 22.8 Å². The molecule has 0 bridgehead atoms. The van der Waals surface area contributed by atoms with Gasteiger partial charge in [0.2, 0.25) is 10.0 Å². The molecule has 1 aliphatic rings. The highest BCUT2D eigenvalue weighted by Crippen LogP contribution is 2.33. The van der Waals surface area contributed by atoms with Crippen LogP contribution >= 0.6 is 0 Å². The SMILES string of the molecule is COC(=O)c1cc(OC)c(OC)cc1NC(=O)COc1ccc(S(=O)(=O)N2CCOCC2)cc1. The molecule has 1 heterocycles. The van der Waals surface area contributed by atoms with Crippen LogP contribution in [0.5, 0.6) is 17.2 Å². The number of sulfonamides is 1. The minimum Gasteiger partial charge on any atom is -0.493 e. The largest absolute Gasteiger partial charge is 0.493 e. The van der Waals surface area contributed by atoms with Crippen LogP contribution in [0.1, 0.15) is 10.4 Å². The number of rotatable bonds is 9. The van der Waals surface area contributed by atoms with Crippen LogP contribution in [0.15, 0.2) is 41.3 Å². The zero-order chi connectivity index (χ0) is 24.7. The van der Waals surface area contributed by atoms with E-state index in [1.165, 1.54) is 62.0 Å². The summed E-state index contributed by atoms with van der Waals surface area (Å²) in [5.74, 6) is -0.319. The molecule has 0 radical (unpaired) electrons. The molecule has 3 rings (SSSR count). The zero-order valence-corrected chi connectivity index (χ0v) is 19.8. The molecule has 0 saturated carbocycles. The van der Waals surface area contributed by atoms with Crippen molar-refractivity contribution in [1.82, 2.24) is 4.31 Å². The smallest absolute Gasteiger partial charge is 0.340 e. The first-order chi connectivity index (χ1) is 16.3. The third kappa shape index (κ3) is 5.76. The summed E-state index contributed by atoms with van der Waals surface area (Å²) < 4.78 is 52.6. The normalized spacial score (nSPS) is 14.2. The number of hydrogen-bond donors (Lipinski definition) is 1. The first-order valence-corrected chi connectivity index (χ1v) is 11.7. The molecule has 0 aromatic heterocycles. The summed E-state index contributed by atoms with van der Waals surface area (Å²) >= 11 is 0. The maximum atomic E-state index is 12.7. The van der Waals surface area contributed by atoms with Crippen molar-refractivity contribution in [2.24, 2.45) is 0 Å². The summed E-state index contributed by atoms with van der Waals surface area (Å²) in [7, 11) is 0.436. The van der Waals surface area contributed by atoms with E-state index in [4.69, 9.17) is 23.7 Å². The number of ether oxygens (including phenoxy) is 5. The Hall–Kier alpha value is -3.35. The summed E-state index contributed by atoms with van der Waals surface area (Å²) in [6.45, 7) is 0.917. The van der Waals surface area contributed by atoms with Crippen LogP contribution in [-0.4, -0.2) is 78.8 Å². The standard InChI is InChI=1S/C22H26N2O9S/c1-29-19-12-17(22(26)31-3)18(13-20(19)30-2)23-21(25)14-33-15-4-6-16(7-5-15)34(27,28)24-8-10-32-11-9-24/h4-7,12-13H,8-11,14H2,1-3H3,(H,23,25). The molecule has 34 heavy (non-hydrogen) atoms. The first kappa shape index (κ1) is 25.3. The Kier molecular flexibility index (Phi) is 8.31. The van der Waals surface area contributed by atoms with Gasteiger partial charge in [0.1, 0.15) is 5.75 Å². The van der Waals surface area contributed by atoms with Crippen molar-refractivity contribution in [3.05, 3.63) is 42.0 Å². The van der Waals surface area contributed by atoms with Gasteiger partial charge in [-0.1, -0.05) is 0 Å². The Labute approximate surface area is 197 Å². The second-order valence-electron chi connectivity index (χ2n) is 7.07. The number of nitrogens with one attached hydrogen (secondary N) is 1. The molecular weight excluding hydrogens is 468 g/mol. The molecule has 184 valence electrons. The number of morpholine rings is 1. The third-order valence-corrected chi connectivity index (χ3v) is 6.92.